The summed E-state index contributed by atoms with van der Waals surface area (Å²) >= 11 is 0. The smallest absolute Gasteiger partial charge is 0.243 e. The van der Waals surface area contributed by atoms with E-state index in [1.807, 2.05) is 0 Å². The Morgan fingerprint density at radius 1 is 1.32 bits per heavy atom. The zero-order valence-electron chi connectivity index (χ0n) is 10.8. The highest BCUT2D eigenvalue weighted by Gasteiger charge is 2.40. The molecule has 2 bridgehead atoms. The Balaban J connectivity index is 1.98. The molecule has 2 atom stereocenters. The van der Waals surface area contributed by atoms with Gasteiger partial charge in [0.25, 0.3) is 0 Å². The van der Waals surface area contributed by atoms with Gasteiger partial charge in [0.05, 0.1) is 4.90 Å². The molecule has 0 aliphatic carbocycles. The second kappa shape index (κ2) is 4.54. The highest BCUT2D eigenvalue weighted by molar-refractivity contribution is 7.89. The lowest BCUT2D eigenvalue weighted by Gasteiger charge is -2.44. The van der Waals surface area contributed by atoms with Crippen LogP contribution in [0.5, 0.6) is 0 Å². The molecule has 3 aliphatic heterocycles. The van der Waals surface area contributed by atoms with E-state index in [1.165, 1.54) is 16.4 Å². The Hall–Kier alpha value is -0.980. The van der Waals surface area contributed by atoms with Gasteiger partial charge in [-0.05, 0) is 43.5 Å². The molecule has 3 fully saturated rings. The zero-order chi connectivity index (χ0) is 13.6. The minimum atomic E-state index is -3.58. The lowest BCUT2D eigenvalue weighted by atomic mass is 9.96. The Morgan fingerprint density at radius 3 is 2.63 bits per heavy atom. The summed E-state index contributed by atoms with van der Waals surface area (Å²) in [5.74, 6) is -0.501. The Bertz CT molecular complexity index is 574. The van der Waals surface area contributed by atoms with Gasteiger partial charge in [-0.3, -0.25) is 0 Å². The van der Waals surface area contributed by atoms with E-state index in [0.717, 1.165) is 18.9 Å². The second-order valence-electron chi connectivity index (χ2n) is 5.38. The maximum Gasteiger partial charge on any atom is 0.243 e. The molecule has 1 aromatic carbocycles. The van der Waals surface area contributed by atoms with Crippen molar-refractivity contribution in [1.82, 2.24) is 9.62 Å². The Morgan fingerprint density at radius 2 is 2.11 bits per heavy atom. The number of nitrogens with zero attached hydrogens (tertiary/aromatic N) is 1. The second-order valence-corrected chi connectivity index (χ2v) is 7.27. The molecule has 1 N–H and O–H groups in total. The summed E-state index contributed by atoms with van der Waals surface area (Å²) in [6.45, 7) is 2.88. The molecule has 3 saturated heterocycles. The number of aryl methyl sites for hydroxylation is 1. The molecule has 19 heavy (non-hydrogen) atoms. The topological polar surface area (TPSA) is 49.4 Å². The molecule has 4 nitrogen and oxygen atoms in total. The van der Waals surface area contributed by atoms with E-state index in [1.54, 1.807) is 6.92 Å². The SMILES string of the molecule is Cc1cc(F)cc(S(=O)(=O)N2CC3CCC2CN3)c1. The third kappa shape index (κ3) is 2.28. The summed E-state index contributed by atoms with van der Waals surface area (Å²) in [5, 5.41) is 3.31. The average molecular weight is 284 g/mol. The summed E-state index contributed by atoms with van der Waals surface area (Å²) in [6, 6.07) is 4.21. The van der Waals surface area contributed by atoms with Crippen LogP contribution in [0.1, 0.15) is 18.4 Å². The zero-order valence-corrected chi connectivity index (χ0v) is 11.6. The number of hydrogen-bond donors (Lipinski definition) is 1. The molecule has 6 heteroatoms. The summed E-state index contributed by atoms with van der Waals surface area (Å²) in [7, 11) is -3.58. The normalized spacial score (nSPS) is 27.7. The quantitative estimate of drug-likeness (QED) is 0.889. The average Bonchev–Trinajstić information content (AvgIpc) is 2.39. The van der Waals surface area contributed by atoms with Gasteiger partial charge in [0.15, 0.2) is 0 Å². The number of piperazine rings is 1. The molecule has 2 unspecified atom stereocenters. The highest BCUT2D eigenvalue weighted by atomic mass is 32.2. The Labute approximate surface area is 112 Å². The molecule has 0 saturated carbocycles. The van der Waals surface area contributed by atoms with E-state index in [2.05, 4.69) is 5.32 Å². The van der Waals surface area contributed by atoms with Crippen molar-refractivity contribution in [2.75, 3.05) is 13.1 Å². The largest absolute Gasteiger partial charge is 0.311 e. The predicted octanol–water partition coefficient (Wildman–Crippen LogP) is 1.26. The first-order valence-corrected chi connectivity index (χ1v) is 7.93. The van der Waals surface area contributed by atoms with Crippen LogP contribution in [0.3, 0.4) is 0 Å². The number of benzene rings is 1. The summed E-state index contributed by atoms with van der Waals surface area (Å²) in [5.41, 5.74) is 0.624. The van der Waals surface area contributed by atoms with Crippen LogP contribution >= 0.6 is 0 Å². The van der Waals surface area contributed by atoms with Crippen molar-refractivity contribution in [2.24, 2.45) is 0 Å². The number of hydrogen-bond acceptors (Lipinski definition) is 3. The molecule has 0 radical (unpaired) electrons. The molecule has 104 valence electrons. The molecule has 3 aliphatic rings. The highest BCUT2D eigenvalue weighted by Crippen LogP contribution is 2.29. The van der Waals surface area contributed by atoms with Crippen LogP contribution in [0.4, 0.5) is 4.39 Å². The lowest BCUT2D eigenvalue weighted by Crippen LogP contribution is -2.62. The first-order chi connectivity index (χ1) is 8.96. The van der Waals surface area contributed by atoms with E-state index in [0.29, 0.717) is 18.7 Å². The fraction of sp³-hybridized carbons (Fsp3) is 0.538. The van der Waals surface area contributed by atoms with E-state index in [9.17, 15) is 12.8 Å². The van der Waals surface area contributed by atoms with E-state index in [-0.39, 0.29) is 17.0 Å². The molecule has 1 aromatic rings. The van der Waals surface area contributed by atoms with Crippen molar-refractivity contribution < 1.29 is 12.8 Å². The molecule has 4 rings (SSSR count). The standard InChI is InChI=1S/C13H17FN2O2S/c1-9-4-10(14)6-13(5-9)19(17,18)16-8-11-2-3-12(16)7-15-11/h4-6,11-12,15H,2-3,7-8H2,1H3. The summed E-state index contributed by atoms with van der Waals surface area (Å²) < 4.78 is 40.2. The van der Waals surface area contributed by atoms with Gasteiger partial charge in [0, 0.05) is 25.2 Å². The third-order valence-corrected chi connectivity index (χ3v) is 5.82. The summed E-state index contributed by atoms with van der Waals surface area (Å²) in [6.07, 6.45) is 1.89. The lowest BCUT2D eigenvalue weighted by molar-refractivity contribution is 0.152. The van der Waals surface area contributed by atoms with Gasteiger partial charge in [-0.15, -0.1) is 0 Å². The Kier molecular flexibility index (Phi) is 3.11. The molecular formula is C13H17FN2O2S. The van der Waals surface area contributed by atoms with Crippen LogP contribution in [0.2, 0.25) is 0 Å². The van der Waals surface area contributed by atoms with E-state index < -0.39 is 15.8 Å². The maximum atomic E-state index is 13.4. The van der Waals surface area contributed by atoms with Crippen molar-refractivity contribution in [2.45, 2.75) is 36.7 Å². The van der Waals surface area contributed by atoms with Crippen molar-refractivity contribution in [3.63, 3.8) is 0 Å². The molecular weight excluding hydrogens is 267 g/mol. The van der Waals surface area contributed by atoms with Crippen molar-refractivity contribution >= 4 is 10.0 Å². The van der Waals surface area contributed by atoms with Gasteiger partial charge < -0.3 is 5.32 Å². The first kappa shape index (κ1) is 13.0. The van der Waals surface area contributed by atoms with E-state index >= 15 is 0 Å². The van der Waals surface area contributed by atoms with Crippen LogP contribution < -0.4 is 5.32 Å². The fourth-order valence-corrected chi connectivity index (χ4v) is 4.77. The monoisotopic (exact) mass is 284 g/mol. The maximum absolute atomic E-state index is 13.4. The van der Waals surface area contributed by atoms with Crippen molar-refractivity contribution in [1.29, 1.82) is 0 Å². The molecule has 0 spiro atoms. The van der Waals surface area contributed by atoms with Gasteiger partial charge in [-0.1, -0.05) is 0 Å². The number of piperidine rings is 2. The van der Waals surface area contributed by atoms with Crippen LogP contribution in [-0.4, -0.2) is 37.9 Å². The molecule has 3 heterocycles. The number of sulfonamides is 1. The van der Waals surface area contributed by atoms with Gasteiger partial charge in [0.1, 0.15) is 5.82 Å². The van der Waals surface area contributed by atoms with Gasteiger partial charge in [0.2, 0.25) is 10.0 Å². The predicted molar refractivity (Wildman–Crippen MR) is 69.8 cm³/mol. The van der Waals surface area contributed by atoms with Crippen LogP contribution in [0.25, 0.3) is 0 Å². The minimum Gasteiger partial charge on any atom is -0.311 e. The number of halogens is 1. The molecule has 0 aromatic heterocycles. The fourth-order valence-electron chi connectivity index (χ4n) is 2.95. The van der Waals surface area contributed by atoms with Gasteiger partial charge in [-0.25, -0.2) is 12.8 Å². The van der Waals surface area contributed by atoms with Gasteiger partial charge >= 0.3 is 0 Å². The molecule has 0 amide bonds. The first-order valence-electron chi connectivity index (χ1n) is 6.49. The number of fused-ring (bicyclic) bond motifs is 3. The number of rotatable bonds is 2. The number of nitrogens with one attached hydrogen (secondary N) is 1. The summed E-state index contributed by atoms with van der Waals surface area (Å²) in [4.78, 5) is 0.0672. The minimum absolute atomic E-state index is 0.00132. The van der Waals surface area contributed by atoms with Crippen LogP contribution in [0.15, 0.2) is 23.1 Å². The van der Waals surface area contributed by atoms with Crippen molar-refractivity contribution in [3.05, 3.63) is 29.6 Å². The third-order valence-electron chi connectivity index (χ3n) is 3.92. The van der Waals surface area contributed by atoms with Crippen molar-refractivity contribution in [3.8, 4) is 0 Å². The van der Waals surface area contributed by atoms with Crippen LogP contribution in [0, 0.1) is 12.7 Å². The van der Waals surface area contributed by atoms with E-state index in [4.69, 9.17) is 0 Å². The van der Waals surface area contributed by atoms with Gasteiger partial charge in [-0.2, -0.15) is 4.31 Å². The van der Waals surface area contributed by atoms with Crippen LogP contribution in [-0.2, 0) is 10.0 Å².